The normalized spacial score (nSPS) is 17.4. The molecule has 0 radical (unpaired) electrons. The molecule has 0 bridgehead atoms. The van der Waals surface area contributed by atoms with E-state index in [-0.39, 0.29) is 0 Å². The maximum atomic E-state index is 13.1. The van der Waals surface area contributed by atoms with Gasteiger partial charge in [0.1, 0.15) is 0 Å². The fourth-order valence-electron chi connectivity index (χ4n) is 4.02. The second-order valence-corrected chi connectivity index (χ2v) is 9.05. The van der Waals surface area contributed by atoms with E-state index in [1.165, 1.54) is 17.4 Å². The van der Waals surface area contributed by atoms with Crippen LogP contribution in [0.5, 0.6) is 11.5 Å². The Bertz CT molecular complexity index is 1040. The molecule has 0 saturated heterocycles. The zero-order chi connectivity index (χ0) is 19.7. The Kier molecular flexibility index (Phi) is 5.06. The topological polar surface area (TPSA) is 64.6 Å². The molecule has 1 aliphatic carbocycles. The van der Waals surface area contributed by atoms with E-state index in [4.69, 9.17) is 9.47 Å². The van der Waals surface area contributed by atoms with E-state index in [1.807, 2.05) is 24.3 Å². The molecule has 4 rings (SSSR count). The van der Waals surface area contributed by atoms with Gasteiger partial charge in [-0.1, -0.05) is 6.07 Å². The largest absolute Gasteiger partial charge is 0.493 e. The summed E-state index contributed by atoms with van der Waals surface area (Å²) in [7, 11) is -0.391. The van der Waals surface area contributed by atoms with Gasteiger partial charge >= 0.3 is 0 Å². The summed E-state index contributed by atoms with van der Waals surface area (Å²) in [6, 6.07) is 9.31. The molecular formula is C22H25NO4S. The maximum absolute atomic E-state index is 13.1. The van der Waals surface area contributed by atoms with Crippen molar-refractivity contribution >= 4 is 15.5 Å². The molecule has 28 heavy (non-hydrogen) atoms. The van der Waals surface area contributed by atoms with E-state index in [9.17, 15) is 8.42 Å². The quantitative estimate of drug-likeness (QED) is 0.852. The summed E-state index contributed by atoms with van der Waals surface area (Å²) in [5, 5.41) is 4.59. The van der Waals surface area contributed by atoms with Crippen molar-refractivity contribution in [2.75, 3.05) is 20.8 Å². The highest BCUT2D eigenvalue weighted by atomic mass is 32.2. The average molecular weight is 400 g/mol. The lowest BCUT2D eigenvalue weighted by molar-refractivity contribution is 0.354. The van der Waals surface area contributed by atoms with Crippen LogP contribution in [-0.4, -0.2) is 29.2 Å². The van der Waals surface area contributed by atoms with Gasteiger partial charge in [0.25, 0.3) is 0 Å². The van der Waals surface area contributed by atoms with Gasteiger partial charge in [-0.15, -0.1) is 0 Å². The summed E-state index contributed by atoms with van der Waals surface area (Å²) in [5.41, 5.74) is 4.92. The van der Waals surface area contributed by atoms with Gasteiger partial charge in [0.2, 0.25) is 9.84 Å². The van der Waals surface area contributed by atoms with Gasteiger partial charge in [0.15, 0.2) is 11.5 Å². The zero-order valence-corrected chi connectivity index (χ0v) is 17.1. The molecular weight excluding hydrogens is 374 g/mol. The van der Waals surface area contributed by atoms with Gasteiger partial charge in [0.05, 0.1) is 30.2 Å². The zero-order valence-electron chi connectivity index (χ0n) is 16.2. The number of ether oxygens (including phenoxy) is 2. The van der Waals surface area contributed by atoms with Crippen LogP contribution in [0.25, 0.3) is 5.70 Å². The Balaban J connectivity index is 1.75. The highest BCUT2D eigenvalue weighted by Gasteiger charge is 2.22. The van der Waals surface area contributed by atoms with Crippen LogP contribution in [-0.2, 0) is 29.1 Å². The Labute approximate surface area is 166 Å². The third-order valence-electron chi connectivity index (χ3n) is 5.53. The Morgan fingerprint density at radius 1 is 0.893 bits per heavy atom. The molecule has 0 unspecified atom stereocenters. The number of hydrogen-bond donors (Lipinski definition) is 1. The van der Waals surface area contributed by atoms with E-state index in [2.05, 4.69) is 5.32 Å². The molecule has 2 aliphatic rings. The first-order valence-corrected chi connectivity index (χ1v) is 11.1. The lowest BCUT2D eigenvalue weighted by Gasteiger charge is -2.23. The molecule has 1 N–H and O–H groups in total. The van der Waals surface area contributed by atoms with Crippen molar-refractivity contribution < 1.29 is 17.9 Å². The van der Waals surface area contributed by atoms with Crippen molar-refractivity contribution in [3.63, 3.8) is 0 Å². The molecule has 0 aromatic heterocycles. The predicted octanol–water partition coefficient (Wildman–Crippen LogP) is 3.50. The summed E-state index contributed by atoms with van der Waals surface area (Å²) in [6.07, 6.45) is 5.08. The number of methoxy groups -OCH3 is 2. The van der Waals surface area contributed by atoms with Gasteiger partial charge < -0.3 is 14.8 Å². The summed E-state index contributed by atoms with van der Waals surface area (Å²) in [5.74, 6) is 1.24. The minimum absolute atomic E-state index is 0.357. The SMILES string of the molecule is COc1cc2c(cc1OC)/C(=C/S(=O)(=O)c1ccc3c(c1)CCCC3)NCC2. The van der Waals surface area contributed by atoms with Gasteiger partial charge in [-0.05, 0) is 73.1 Å². The lowest BCUT2D eigenvalue weighted by atomic mass is 9.92. The molecule has 2 aromatic rings. The van der Waals surface area contributed by atoms with Gasteiger partial charge in [0, 0.05) is 12.1 Å². The van der Waals surface area contributed by atoms with Gasteiger partial charge in [-0.2, -0.15) is 0 Å². The first kappa shape index (κ1) is 18.9. The Morgan fingerprint density at radius 2 is 1.61 bits per heavy atom. The Morgan fingerprint density at radius 3 is 2.36 bits per heavy atom. The van der Waals surface area contributed by atoms with Crippen LogP contribution >= 0.6 is 0 Å². The number of benzene rings is 2. The molecule has 0 atom stereocenters. The molecule has 5 nitrogen and oxygen atoms in total. The molecule has 2 aromatic carbocycles. The molecule has 0 saturated carbocycles. The second-order valence-electron chi connectivity index (χ2n) is 7.26. The van der Waals surface area contributed by atoms with Crippen LogP contribution in [0, 0.1) is 0 Å². The second kappa shape index (κ2) is 7.51. The molecule has 0 spiro atoms. The number of sulfone groups is 1. The monoisotopic (exact) mass is 399 g/mol. The van der Waals surface area contributed by atoms with Crippen LogP contribution in [0.15, 0.2) is 40.6 Å². The number of rotatable bonds is 4. The first-order valence-electron chi connectivity index (χ1n) is 9.59. The molecule has 6 heteroatoms. The average Bonchev–Trinajstić information content (AvgIpc) is 2.72. The maximum Gasteiger partial charge on any atom is 0.201 e. The molecule has 0 amide bonds. The van der Waals surface area contributed by atoms with Crippen molar-refractivity contribution in [2.24, 2.45) is 0 Å². The van der Waals surface area contributed by atoms with Gasteiger partial charge in [-0.25, -0.2) is 8.42 Å². The summed E-state index contributed by atoms with van der Waals surface area (Å²) < 4.78 is 37.0. The van der Waals surface area contributed by atoms with E-state index in [0.717, 1.165) is 42.4 Å². The number of aryl methyl sites for hydroxylation is 2. The van der Waals surface area contributed by atoms with Crippen molar-refractivity contribution in [3.8, 4) is 11.5 Å². The molecule has 1 heterocycles. The number of fused-ring (bicyclic) bond motifs is 2. The molecule has 0 fully saturated rings. The van der Waals surface area contributed by atoms with Crippen LogP contribution in [0.3, 0.4) is 0 Å². The standard InChI is InChI=1S/C22H25NO4S/c1-26-21-12-17-9-10-23-20(19(17)13-22(21)27-2)14-28(24,25)18-8-7-15-5-3-4-6-16(15)11-18/h7-8,11-14,23H,3-6,9-10H2,1-2H3/b20-14-. The highest BCUT2D eigenvalue weighted by Crippen LogP contribution is 2.35. The van der Waals surface area contributed by atoms with Crippen LogP contribution < -0.4 is 14.8 Å². The summed E-state index contributed by atoms with van der Waals surface area (Å²) >= 11 is 0. The minimum Gasteiger partial charge on any atom is -0.493 e. The fourth-order valence-corrected chi connectivity index (χ4v) is 5.24. The third-order valence-corrected chi connectivity index (χ3v) is 6.99. The molecule has 148 valence electrons. The number of nitrogens with one attached hydrogen (secondary N) is 1. The third kappa shape index (κ3) is 3.49. The van der Waals surface area contributed by atoms with Crippen molar-refractivity contribution in [1.29, 1.82) is 0 Å². The highest BCUT2D eigenvalue weighted by molar-refractivity contribution is 7.94. The van der Waals surface area contributed by atoms with Crippen LogP contribution in [0.1, 0.15) is 35.1 Å². The van der Waals surface area contributed by atoms with E-state index in [1.54, 1.807) is 20.3 Å². The van der Waals surface area contributed by atoms with Crippen LogP contribution in [0.4, 0.5) is 0 Å². The number of hydrogen-bond acceptors (Lipinski definition) is 5. The Hall–Kier alpha value is -2.47. The predicted molar refractivity (Wildman–Crippen MR) is 109 cm³/mol. The minimum atomic E-state index is -3.57. The summed E-state index contributed by atoms with van der Waals surface area (Å²) in [6.45, 7) is 0.675. The van der Waals surface area contributed by atoms with E-state index < -0.39 is 9.84 Å². The smallest absolute Gasteiger partial charge is 0.201 e. The lowest BCUT2D eigenvalue weighted by Crippen LogP contribution is -2.23. The van der Waals surface area contributed by atoms with E-state index >= 15 is 0 Å². The van der Waals surface area contributed by atoms with E-state index in [0.29, 0.717) is 28.6 Å². The van der Waals surface area contributed by atoms with Crippen molar-refractivity contribution in [1.82, 2.24) is 5.32 Å². The fraction of sp³-hybridized carbons (Fsp3) is 0.364. The van der Waals surface area contributed by atoms with Crippen LogP contribution in [0.2, 0.25) is 0 Å². The van der Waals surface area contributed by atoms with Crippen molar-refractivity contribution in [3.05, 3.63) is 58.0 Å². The first-order chi connectivity index (χ1) is 13.5. The molecule has 1 aliphatic heterocycles. The van der Waals surface area contributed by atoms with Gasteiger partial charge in [-0.3, -0.25) is 0 Å². The summed E-state index contributed by atoms with van der Waals surface area (Å²) in [4.78, 5) is 0.357. The van der Waals surface area contributed by atoms with Crippen molar-refractivity contribution in [2.45, 2.75) is 37.0 Å².